The number of hydrogen-bond donors (Lipinski definition) is 1. The van der Waals surface area contributed by atoms with Gasteiger partial charge in [0.25, 0.3) is 11.8 Å². The smallest absolute Gasteiger partial charge is 0.274 e. The van der Waals surface area contributed by atoms with E-state index in [0.29, 0.717) is 13.1 Å². The van der Waals surface area contributed by atoms with Crippen molar-refractivity contribution >= 4 is 17.5 Å². The first-order valence-corrected chi connectivity index (χ1v) is 7.58. The predicted molar refractivity (Wildman–Crippen MR) is 83.7 cm³/mol. The fourth-order valence-corrected chi connectivity index (χ4v) is 2.56. The van der Waals surface area contributed by atoms with Crippen LogP contribution in [0, 0.1) is 11.6 Å². The molecule has 1 fully saturated rings. The number of amides is 2. The summed E-state index contributed by atoms with van der Waals surface area (Å²) in [5, 5.41) is 2.15. The second-order valence-electron chi connectivity index (χ2n) is 5.46. The number of carbonyl (C=O) groups is 2. The number of carbonyl (C=O) groups excluding carboxylic acids is 2. The average molecular weight is 331 g/mol. The number of para-hydroxylation sites is 1. The Labute approximate surface area is 137 Å². The lowest BCUT2D eigenvalue weighted by molar-refractivity contribution is 0.0787. The van der Waals surface area contributed by atoms with E-state index in [1.165, 1.54) is 24.3 Å². The summed E-state index contributed by atoms with van der Waals surface area (Å²) in [5.41, 5.74) is -0.484. The first-order valence-electron chi connectivity index (χ1n) is 7.58. The molecule has 3 rings (SSSR count). The lowest BCUT2D eigenvalue weighted by Gasteiger charge is -2.14. The van der Waals surface area contributed by atoms with E-state index in [-0.39, 0.29) is 17.3 Å². The molecule has 24 heavy (non-hydrogen) atoms. The van der Waals surface area contributed by atoms with Crippen molar-refractivity contribution in [3.05, 3.63) is 59.4 Å². The highest BCUT2D eigenvalue weighted by Gasteiger charge is 2.22. The van der Waals surface area contributed by atoms with Gasteiger partial charge in [-0.2, -0.15) is 0 Å². The Balaban J connectivity index is 1.80. The van der Waals surface area contributed by atoms with Gasteiger partial charge < -0.3 is 10.2 Å². The number of halogens is 2. The van der Waals surface area contributed by atoms with Gasteiger partial charge in [-0.3, -0.25) is 9.59 Å². The van der Waals surface area contributed by atoms with Gasteiger partial charge in [0.15, 0.2) is 0 Å². The van der Waals surface area contributed by atoms with Crippen molar-refractivity contribution in [2.24, 2.45) is 0 Å². The van der Waals surface area contributed by atoms with Gasteiger partial charge in [0.05, 0.1) is 0 Å². The van der Waals surface area contributed by atoms with Crippen LogP contribution in [0.1, 0.15) is 33.8 Å². The number of benzene rings is 1. The van der Waals surface area contributed by atoms with Gasteiger partial charge in [0, 0.05) is 13.1 Å². The van der Waals surface area contributed by atoms with Crippen LogP contribution in [0.3, 0.4) is 0 Å². The Morgan fingerprint density at radius 1 is 0.958 bits per heavy atom. The highest BCUT2D eigenvalue weighted by atomic mass is 19.1. The van der Waals surface area contributed by atoms with Crippen LogP contribution < -0.4 is 5.32 Å². The standard InChI is InChI=1S/C17H15F2N3O2/c18-11-5-3-6-12(19)15(11)21-16(23)13-7-4-8-14(20-13)17(24)22-9-1-2-10-22/h3-8H,1-2,9-10H2,(H,21,23). The van der Waals surface area contributed by atoms with Crippen molar-refractivity contribution < 1.29 is 18.4 Å². The van der Waals surface area contributed by atoms with Crippen molar-refractivity contribution in [2.45, 2.75) is 12.8 Å². The van der Waals surface area contributed by atoms with E-state index in [1.54, 1.807) is 4.90 Å². The number of aromatic nitrogens is 1. The molecule has 5 nitrogen and oxygen atoms in total. The molecular weight excluding hydrogens is 316 g/mol. The lowest BCUT2D eigenvalue weighted by atomic mass is 10.2. The van der Waals surface area contributed by atoms with Crippen LogP contribution in [0.25, 0.3) is 0 Å². The zero-order valence-electron chi connectivity index (χ0n) is 12.8. The minimum absolute atomic E-state index is 0.0808. The maximum atomic E-state index is 13.6. The molecule has 0 aliphatic carbocycles. The molecule has 1 aromatic heterocycles. The molecule has 0 atom stereocenters. The molecule has 1 aliphatic heterocycles. The molecule has 7 heteroatoms. The fraction of sp³-hybridized carbons (Fsp3) is 0.235. The number of nitrogens with one attached hydrogen (secondary N) is 1. The molecule has 1 aliphatic rings. The second kappa shape index (κ2) is 6.74. The molecular formula is C17H15F2N3O2. The molecule has 1 N–H and O–H groups in total. The van der Waals surface area contributed by atoms with Crippen molar-refractivity contribution in [3.8, 4) is 0 Å². The summed E-state index contributed by atoms with van der Waals surface area (Å²) in [5.74, 6) is -2.80. The third kappa shape index (κ3) is 3.24. The molecule has 2 aromatic rings. The zero-order chi connectivity index (χ0) is 17.1. The van der Waals surface area contributed by atoms with Gasteiger partial charge in [0.1, 0.15) is 28.7 Å². The van der Waals surface area contributed by atoms with Crippen LogP contribution in [0.5, 0.6) is 0 Å². The molecule has 0 bridgehead atoms. The maximum absolute atomic E-state index is 13.6. The SMILES string of the molecule is O=C(Nc1c(F)cccc1F)c1cccc(C(=O)N2CCCC2)n1. The monoisotopic (exact) mass is 331 g/mol. The number of nitrogens with zero attached hydrogens (tertiary/aromatic N) is 2. The normalized spacial score (nSPS) is 13.8. The van der Waals surface area contributed by atoms with Crippen LogP contribution in [0.4, 0.5) is 14.5 Å². The summed E-state index contributed by atoms with van der Waals surface area (Å²) in [6, 6.07) is 7.70. The Hall–Kier alpha value is -2.83. The fourth-order valence-electron chi connectivity index (χ4n) is 2.56. The lowest BCUT2D eigenvalue weighted by Crippen LogP contribution is -2.29. The summed E-state index contributed by atoms with van der Waals surface area (Å²) >= 11 is 0. The number of pyridine rings is 1. The Kier molecular flexibility index (Phi) is 4.50. The van der Waals surface area contributed by atoms with E-state index in [9.17, 15) is 18.4 Å². The third-order valence-corrected chi connectivity index (χ3v) is 3.80. The first-order chi connectivity index (χ1) is 11.6. The minimum atomic E-state index is -0.882. The van der Waals surface area contributed by atoms with E-state index >= 15 is 0 Å². The van der Waals surface area contributed by atoms with E-state index < -0.39 is 23.2 Å². The maximum Gasteiger partial charge on any atom is 0.274 e. The van der Waals surface area contributed by atoms with E-state index in [0.717, 1.165) is 25.0 Å². The molecule has 0 spiro atoms. The number of likely N-dealkylation sites (tertiary alicyclic amines) is 1. The number of hydrogen-bond acceptors (Lipinski definition) is 3. The molecule has 1 aromatic carbocycles. The highest BCUT2D eigenvalue weighted by molar-refractivity contribution is 6.04. The zero-order valence-corrected chi connectivity index (χ0v) is 12.8. The molecule has 124 valence electrons. The summed E-state index contributed by atoms with van der Waals surface area (Å²) in [6.45, 7) is 1.33. The summed E-state index contributed by atoms with van der Waals surface area (Å²) in [6.07, 6.45) is 1.89. The Bertz CT molecular complexity index is 769. The van der Waals surface area contributed by atoms with E-state index in [1.807, 2.05) is 0 Å². The molecule has 2 amide bonds. The van der Waals surface area contributed by atoms with E-state index in [2.05, 4.69) is 10.3 Å². The third-order valence-electron chi connectivity index (χ3n) is 3.80. The second-order valence-corrected chi connectivity index (χ2v) is 5.46. The molecule has 0 radical (unpaired) electrons. The van der Waals surface area contributed by atoms with Crippen molar-refractivity contribution in [1.82, 2.24) is 9.88 Å². The quantitative estimate of drug-likeness (QED) is 0.941. The van der Waals surface area contributed by atoms with Crippen molar-refractivity contribution in [2.75, 3.05) is 18.4 Å². The van der Waals surface area contributed by atoms with Gasteiger partial charge in [-0.15, -0.1) is 0 Å². The van der Waals surface area contributed by atoms with Crippen LogP contribution in [0.15, 0.2) is 36.4 Å². The van der Waals surface area contributed by atoms with Crippen LogP contribution >= 0.6 is 0 Å². The topological polar surface area (TPSA) is 62.3 Å². The molecule has 0 unspecified atom stereocenters. The predicted octanol–water partition coefficient (Wildman–Crippen LogP) is 2.85. The number of anilines is 1. The molecule has 1 saturated heterocycles. The van der Waals surface area contributed by atoms with Crippen LogP contribution in [0.2, 0.25) is 0 Å². The molecule has 0 saturated carbocycles. The van der Waals surface area contributed by atoms with Gasteiger partial charge in [0.2, 0.25) is 0 Å². The van der Waals surface area contributed by atoms with Gasteiger partial charge >= 0.3 is 0 Å². The molecule has 2 heterocycles. The van der Waals surface area contributed by atoms with Gasteiger partial charge in [-0.25, -0.2) is 13.8 Å². The highest BCUT2D eigenvalue weighted by Crippen LogP contribution is 2.19. The van der Waals surface area contributed by atoms with Crippen molar-refractivity contribution in [1.29, 1.82) is 0 Å². The average Bonchev–Trinajstić information content (AvgIpc) is 3.12. The summed E-state index contributed by atoms with van der Waals surface area (Å²) in [7, 11) is 0. The first kappa shape index (κ1) is 16.0. The van der Waals surface area contributed by atoms with Gasteiger partial charge in [-0.1, -0.05) is 12.1 Å². The largest absolute Gasteiger partial charge is 0.337 e. The minimum Gasteiger partial charge on any atom is -0.337 e. The number of rotatable bonds is 3. The van der Waals surface area contributed by atoms with Crippen LogP contribution in [-0.2, 0) is 0 Å². The van der Waals surface area contributed by atoms with Crippen LogP contribution in [-0.4, -0.2) is 34.8 Å². The van der Waals surface area contributed by atoms with Crippen molar-refractivity contribution in [3.63, 3.8) is 0 Å². The summed E-state index contributed by atoms with van der Waals surface area (Å²) in [4.78, 5) is 30.2. The summed E-state index contributed by atoms with van der Waals surface area (Å²) < 4.78 is 27.2. The van der Waals surface area contributed by atoms with E-state index in [4.69, 9.17) is 0 Å². The van der Waals surface area contributed by atoms with Gasteiger partial charge in [-0.05, 0) is 37.1 Å². The Morgan fingerprint density at radius 3 is 2.21 bits per heavy atom. The Morgan fingerprint density at radius 2 is 1.54 bits per heavy atom.